The average Bonchev–Trinajstić information content (AvgIpc) is 2.38. The van der Waals surface area contributed by atoms with E-state index >= 15 is 0 Å². The molecule has 1 atom stereocenters. The van der Waals surface area contributed by atoms with Crippen LogP contribution in [0, 0.1) is 17.1 Å². The van der Waals surface area contributed by atoms with Crippen LogP contribution in [-0.4, -0.2) is 29.4 Å². The first kappa shape index (κ1) is 14.5. The van der Waals surface area contributed by atoms with Crippen molar-refractivity contribution in [2.45, 2.75) is 13.0 Å². The zero-order valence-corrected chi connectivity index (χ0v) is 11.2. The van der Waals surface area contributed by atoms with Crippen LogP contribution in [0.3, 0.4) is 0 Å². The van der Waals surface area contributed by atoms with E-state index in [0.29, 0.717) is 5.75 Å². The quantitative estimate of drug-likeness (QED) is 0.769. The van der Waals surface area contributed by atoms with Gasteiger partial charge in [-0.1, -0.05) is 12.1 Å². The molecule has 96 valence electrons. The first-order valence-corrected chi connectivity index (χ1v) is 6.67. The number of carbonyl (C=O) groups excluding carboxylic acids is 1. The van der Waals surface area contributed by atoms with Crippen molar-refractivity contribution in [3.8, 4) is 6.07 Å². The van der Waals surface area contributed by atoms with Crippen LogP contribution in [0.1, 0.15) is 18.5 Å². The summed E-state index contributed by atoms with van der Waals surface area (Å²) in [5.74, 6) is 0.275. The third-order valence-electron chi connectivity index (χ3n) is 2.72. The lowest BCUT2D eigenvalue weighted by Gasteiger charge is -2.25. The van der Waals surface area contributed by atoms with Crippen LogP contribution in [-0.2, 0) is 4.79 Å². The van der Waals surface area contributed by atoms with Crippen molar-refractivity contribution in [2.24, 2.45) is 0 Å². The number of amides is 1. The number of hydrogen-bond acceptors (Lipinski definition) is 3. The van der Waals surface area contributed by atoms with Gasteiger partial charge in [-0.15, -0.1) is 11.8 Å². The van der Waals surface area contributed by atoms with E-state index in [-0.39, 0.29) is 23.5 Å². The third kappa shape index (κ3) is 4.04. The molecule has 0 spiro atoms. The maximum atomic E-state index is 12.8. The molecule has 0 saturated heterocycles. The molecule has 3 nitrogen and oxygen atoms in total. The van der Waals surface area contributed by atoms with E-state index in [9.17, 15) is 9.18 Å². The number of benzene rings is 1. The standard InChI is InChI=1S/C13H15FN2OS/c1-10(11-3-5-12(14)6-4-11)16(2)13(17)9-18-8-7-15/h3-6,10H,8-9H2,1-2H3. The van der Waals surface area contributed by atoms with Gasteiger partial charge in [0, 0.05) is 7.05 Å². The van der Waals surface area contributed by atoms with Gasteiger partial charge in [-0.25, -0.2) is 4.39 Å². The van der Waals surface area contributed by atoms with E-state index in [0.717, 1.165) is 5.56 Å². The Morgan fingerprint density at radius 3 is 2.67 bits per heavy atom. The number of halogens is 1. The minimum absolute atomic E-state index is 0.0351. The number of hydrogen-bond donors (Lipinski definition) is 0. The van der Waals surface area contributed by atoms with E-state index in [1.165, 1.54) is 23.9 Å². The zero-order chi connectivity index (χ0) is 13.5. The Bertz CT molecular complexity index is 441. The van der Waals surface area contributed by atoms with Gasteiger partial charge in [-0.3, -0.25) is 4.79 Å². The largest absolute Gasteiger partial charge is 0.338 e. The van der Waals surface area contributed by atoms with Crippen molar-refractivity contribution in [3.63, 3.8) is 0 Å². The van der Waals surface area contributed by atoms with Crippen molar-refractivity contribution in [3.05, 3.63) is 35.6 Å². The second-order valence-corrected chi connectivity index (χ2v) is 4.87. The van der Waals surface area contributed by atoms with E-state index in [4.69, 9.17) is 5.26 Å². The highest BCUT2D eigenvalue weighted by molar-refractivity contribution is 8.00. The number of nitriles is 1. The predicted octanol–water partition coefficient (Wildman–Crippen LogP) is 2.60. The molecule has 1 rings (SSSR count). The lowest BCUT2D eigenvalue weighted by molar-refractivity contribution is -0.128. The Kier molecular flexibility index (Phi) is 5.66. The predicted molar refractivity (Wildman–Crippen MR) is 70.5 cm³/mol. The van der Waals surface area contributed by atoms with E-state index < -0.39 is 0 Å². The lowest BCUT2D eigenvalue weighted by Crippen LogP contribution is -2.31. The summed E-state index contributed by atoms with van der Waals surface area (Å²) in [5.41, 5.74) is 0.887. The summed E-state index contributed by atoms with van der Waals surface area (Å²) >= 11 is 1.29. The van der Waals surface area contributed by atoms with Crippen LogP contribution in [0.25, 0.3) is 0 Å². The topological polar surface area (TPSA) is 44.1 Å². The van der Waals surface area contributed by atoms with Crippen LogP contribution < -0.4 is 0 Å². The van der Waals surface area contributed by atoms with Crippen molar-refractivity contribution in [2.75, 3.05) is 18.6 Å². The molecule has 0 aliphatic rings. The molecule has 1 aromatic rings. The summed E-state index contributed by atoms with van der Waals surface area (Å²) in [4.78, 5) is 13.4. The van der Waals surface area contributed by atoms with Gasteiger partial charge < -0.3 is 4.90 Å². The Morgan fingerprint density at radius 1 is 1.50 bits per heavy atom. The van der Waals surface area contributed by atoms with Crippen molar-refractivity contribution >= 4 is 17.7 Å². The summed E-state index contributed by atoms with van der Waals surface area (Å²) < 4.78 is 12.8. The van der Waals surface area contributed by atoms with E-state index in [1.807, 2.05) is 13.0 Å². The van der Waals surface area contributed by atoms with Gasteiger partial charge in [-0.2, -0.15) is 5.26 Å². The van der Waals surface area contributed by atoms with Crippen LogP contribution >= 0.6 is 11.8 Å². The normalized spacial score (nSPS) is 11.7. The van der Waals surface area contributed by atoms with Crippen LogP contribution in [0.4, 0.5) is 4.39 Å². The molecule has 1 unspecified atom stereocenters. The molecule has 1 amide bonds. The minimum atomic E-state index is -0.287. The summed E-state index contributed by atoms with van der Waals surface area (Å²) in [6, 6.07) is 7.98. The molecule has 0 fully saturated rings. The molecule has 0 aromatic heterocycles. The molecule has 0 saturated carbocycles. The number of carbonyl (C=O) groups is 1. The number of nitrogens with zero attached hydrogens (tertiary/aromatic N) is 2. The zero-order valence-electron chi connectivity index (χ0n) is 10.4. The molecule has 5 heteroatoms. The monoisotopic (exact) mass is 266 g/mol. The fourth-order valence-corrected chi connectivity index (χ4v) is 2.04. The molecule has 0 heterocycles. The fraction of sp³-hybridized carbons (Fsp3) is 0.385. The molecule has 0 N–H and O–H groups in total. The summed E-state index contributed by atoms with van der Waals surface area (Å²) in [6.07, 6.45) is 0. The van der Waals surface area contributed by atoms with Gasteiger partial charge in [-0.05, 0) is 24.6 Å². The molecule has 0 aliphatic heterocycles. The molecule has 18 heavy (non-hydrogen) atoms. The summed E-state index contributed by atoms with van der Waals surface area (Å²) in [7, 11) is 1.71. The molecule has 0 radical (unpaired) electrons. The van der Waals surface area contributed by atoms with Gasteiger partial charge >= 0.3 is 0 Å². The Morgan fingerprint density at radius 2 is 2.11 bits per heavy atom. The van der Waals surface area contributed by atoms with Gasteiger partial charge in [0.25, 0.3) is 0 Å². The molecule has 0 bridgehead atoms. The first-order valence-electron chi connectivity index (χ1n) is 5.52. The highest BCUT2D eigenvalue weighted by Gasteiger charge is 2.17. The van der Waals surface area contributed by atoms with Gasteiger partial charge in [0.15, 0.2) is 0 Å². The summed E-state index contributed by atoms with van der Waals surface area (Å²) in [6.45, 7) is 1.89. The van der Waals surface area contributed by atoms with Crippen molar-refractivity contribution in [1.82, 2.24) is 4.90 Å². The summed E-state index contributed by atoms with van der Waals surface area (Å²) in [5, 5.41) is 8.40. The third-order valence-corrected chi connectivity index (χ3v) is 3.50. The first-order chi connectivity index (χ1) is 8.56. The Labute approximate surface area is 111 Å². The van der Waals surface area contributed by atoms with Crippen LogP contribution in [0.5, 0.6) is 0 Å². The Hall–Kier alpha value is -1.54. The number of thioether (sulfide) groups is 1. The highest BCUT2D eigenvalue weighted by atomic mass is 32.2. The highest BCUT2D eigenvalue weighted by Crippen LogP contribution is 2.19. The minimum Gasteiger partial charge on any atom is -0.338 e. The fourth-order valence-electron chi connectivity index (χ4n) is 1.47. The molecular formula is C13H15FN2OS. The number of rotatable bonds is 5. The van der Waals surface area contributed by atoms with Crippen LogP contribution in [0.15, 0.2) is 24.3 Å². The maximum Gasteiger partial charge on any atom is 0.232 e. The molecule has 1 aromatic carbocycles. The van der Waals surface area contributed by atoms with Gasteiger partial charge in [0.2, 0.25) is 5.91 Å². The van der Waals surface area contributed by atoms with Crippen molar-refractivity contribution < 1.29 is 9.18 Å². The SMILES string of the molecule is CC(c1ccc(F)cc1)N(C)C(=O)CSCC#N. The lowest BCUT2D eigenvalue weighted by atomic mass is 10.1. The second kappa shape index (κ2) is 7.02. The Balaban J connectivity index is 2.60. The van der Waals surface area contributed by atoms with Crippen molar-refractivity contribution in [1.29, 1.82) is 5.26 Å². The smallest absolute Gasteiger partial charge is 0.232 e. The molecular weight excluding hydrogens is 251 g/mol. The second-order valence-electron chi connectivity index (χ2n) is 3.88. The van der Waals surface area contributed by atoms with E-state index in [2.05, 4.69) is 0 Å². The maximum absolute atomic E-state index is 12.8. The van der Waals surface area contributed by atoms with E-state index in [1.54, 1.807) is 24.1 Å². The van der Waals surface area contributed by atoms with Gasteiger partial charge in [0.05, 0.1) is 23.6 Å². The molecule has 0 aliphatic carbocycles. The van der Waals surface area contributed by atoms with Gasteiger partial charge in [0.1, 0.15) is 5.82 Å². The average molecular weight is 266 g/mol. The van der Waals surface area contributed by atoms with Crippen LogP contribution in [0.2, 0.25) is 0 Å².